The van der Waals surface area contributed by atoms with Crippen molar-refractivity contribution in [3.63, 3.8) is 0 Å². The number of urea groups is 1. The molecule has 1 aliphatic rings. The number of halogens is 2. The normalized spacial score (nSPS) is 13.4. The van der Waals surface area contributed by atoms with Gasteiger partial charge >= 0.3 is 6.03 Å². The van der Waals surface area contributed by atoms with E-state index >= 15 is 0 Å². The molecular formula is C23H18F2N4O3. The SMILES string of the molecule is O=CNC(=O)N[C@@H](CN1Cc2ccc(F)cc2C1=O)c1ccc(-c2ccncc2F)cc1. The van der Waals surface area contributed by atoms with Crippen LogP contribution in [0.15, 0.2) is 60.9 Å². The summed E-state index contributed by atoms with van der Waals surface area (Å²) >= 11 is 0. The number of imide groups is 1. The van der Waals surface area contributed by atoms with Gasteiger partial charge in [0.2, 0.25) is 6.41 Å². The van der Waals surface area contributed by atoms with E-state index in [1.807, 2.05) is 5.32 Å². The summed E-state index contributed by atoms with van der Waals surface area (Å²) in [6.45, 7) is 0.354. The number of nitrogens with zero attached hydrogens (tertiary/aromatic N) is 2. The van der Waals surface area contributed by atoms with E-state index in [2.05, 4.69) is 10.3 Å². The fraction of sp³-hybridized carbons (Fsp3) is 0.130. The second kappa shape index (κ2) is 8.93. The van der Waals surface area contributed by atoms with Crippen LogP contribution in [0.5, 0.6) is 0 Å². The van der Waals surface area contributed by atoms with Crippen LogP contribution in [0.2, 0.25) is 0 Å². The summed E-state index contributed by atoms with van der Waals surface area (Å²) in [4.78, 5) is 40.6. The quantitative estimate of drug-likeness (QED) is 0.581. The summed E-state index contributed by atoms with van der Waals surface area (Å²) in [7, 11) is 0. The lowest BCUT2D eigenvalue weighted by Gasteiger charge is -2.25. The van der Waals surface area contributed by atoms with Gasteiger partial charge in [-0.3, -0.25) is 19.9 Å². The van der Waals surface area contributed by atoms with E-state index < -0.39 is 23.7 Å². The maximum Gasteiger partial charge on any atom is 0.321 e. The average molecular weight is 436 g/mol. The summed E-state index contributed by atoms with van der Waals surface area (Å²) in [5, 5.41) is 4.67. The molecule has 0 saturated heterocycles. The first-order valence-corrected chi connectivity index (χ1v) is 9.74. The van der Waals surface area contributed by atoms with Crippen molar-refractivity contribution in [1.82, 2.24) is 20.5 Å². The van der Waals surface area contributed by atoms with Crippen LogP contribution in [0.1, 0.15) is 27.5 Å². The van der Waals surface area contributed by atoms with Gasteiger partial charge in [-0.2, -0.15) is 0 Å². The van der Waals surface area contributed by atoms with Crippen molar-refractivity contribution in [2.75, 3.05) is 6.54 Å². The van der Waals surface area contributed by atoms with Crippen molar-refractivity contribution in [1.29, 1.82) is 0 Å². The van der Waals surface area contributed by atoms with Gasteiger partial charge in [-0.1, -0.05) is 30.3 Å². The number of fused-ring (bicyclic) bond motifs is 1. The molecule has 1 aromatic heterocycles. The Balaban J connectivity index is 1.58. The molecule has 0 unspecified atom stereocenters. The Morgan fingerprint density at radius 2 is 1.91 bits per heavy atom. The van der Waals surface area contributed by atoms with Gasteiger partial charge in [-0.25, -0.2) is 13.6 Å². The molecule has 2 N–H and O–H groups in total. The Hall–Kier alpha value is -4.14. The molecule has 0 radical (unpaired) electrons. The second-order valence-electron chi connectivity index (χ2n) is 7.25. The Bertz CT molecular complexity index is 1180. The standard InChI is InChI=1S/C23H18F2N4O3/c24-17-6-5-16-11-29(22(31)19(16)9-17)12-21(28-23(32)27-13-30)15-3-1-14(2-4-15)18-7-8-26-10-20(18)25/h1-10,13,21H,11-12H2,(H2,27,28,30,32)/t21-/m0/s1. The number of amides is 4. The van der Waals surface area contributed by atoms with E-state index in [0.29, 0.717) is 22.3 Å². The maximum atomic E-state index is 14.0. The minimum atomic E-state index is -0.732. The zero-order chi connectivity index (χ0) is 22.7. The molecule has 4 amide bonds. The summed E-state index contributed by atoms with van der Waals surface area (Å²) in [6, 6.07) is 11.0. The first-order valence-electron chi connectivity index (χ1n) is 9.74. The van der Waals surface area contributed by atoms with Crippen LogP contribution in [-0.2, 0) is 11.3 Å². The van der Waals surface area contributed by atoms with Gasteiger partial charge < -0.3 is 10.2 Å². The molecule has 0 spiro atoms. The monoisotopic (exact) mass is 436 g/mol. The lowest BCUT2D eigenvalue weighted by molar-refractivity contribution is -0.108. The number of pyridine rings is 1. The Labute approximate surface area is 182 Å². The molecule has 1 aliphatic heterocycles. The van der Waals surface area contributed by atoms with Crippen LogP contribution in [0.4, 0.5) is 13.6 Å². The number of carbonyl (C=O) groups excluding carboxylic acids is 3. The van der Waals surface area contributed by atoms with Gasteiger partial charge in [0.25, 0.3) is 5.91 Å². The van der Waals surface area contributed by atoms with E-state index in [1.54, 1.807) is 36.4 Å². The molecule has 3 aromatic rings. The third-order valence-corrected chi connectivity index (χ3v) is 5.25. The number of nitrogens with one attached hydrogen (secondary N) is 2. The fourth-order valence-electron chi connectivity index (χ4n) is 3.69. The molecule has 7 nitrogen and oxygen atoms in total. The van der Waals surface area contributed by atoms with Crippen molar-refractivity contribution in [2.45, 2.75) is 12.6 Å². The molecule has 0 aliphatic carbocycles. The third kappa shape index (κ3) is 4.31. The number of carbonyl (C=O) groups is 3. The van der Waals surface area contributed by atoms with E-state index in [4.69, 9.17) is 0 Å². The molecule has 2 aromatic carbocycles. The van der Waals surface area contributed by atoms with Gasteiger partial charge in [0.15, 0.2) is 0 Å². The van der Waals surface area contributed by atoms with Crippen LogP contribution in [0, 0.1) is 11.6 Å². The van der Waals surface area contributed by atoms with Crippen molar-refractivity contribution in [2.24, 2.45) is 0 Å². The highest BCUT2D eigenvalue weighted by Crippen LogP contribution is 2.28. The number of hydrogen-bond acceptors (Lipinski definition) is 4. The van der Waals surface area contributed by atoms with Crippen LogP contribution in [-0.4, -0.2) is 34.8 Å². The first kappa shape index (κ1) is 21.1. The Morgan fingerprint density at radius 1 is 1.12 bits per heavy atom. The largest absolute Gasteiger partial charge is 0.332 e. The van der Waals surface area contributed by atoms with Crippen LogP contribution < -0.4 is 10.6 Å². The molecule has 0 saturated carbocycles. The molecular weight excluding hydrogens is 418 g/mol. The van der Waals surface area contributed by atoms with Gasteiger partial charge in [0, 0.05) is 30.4 Å². The third-order valence-electron chi connectivity index (χ3n) is 5.25. The van der Waals surface area contributed by atoms with Crippen molar-refractivity contribution in [3.05, 3.63) is 89.2 Å². The van der Waals surface area contributed by atoms with Crippen molar-refractivity contribution in [3.8, 4) is 11.1 Å². The second-order valence-corrected chi connectivity index (χ2v) is 7.25. The van der Waals surface area contributed by atoms with Crippen molar-refractivity contribution >= 4 is 18.3 Å². The highest BCUT2D eigenvalue weighted by molar-refractivity contribution is 5.98. The smallest absolute Gasteiger partial charge is 0.321 e. The predicted molar refractivity (Wildman–Crippen MR) is 111 cm³/mol. The first-order chi connectivity index (χ1) is 15.5. The highest BCUT2D eigenvalue weighted by Gasteiger charge is 2.30. The number of benzene rings is 2. The lowest BCUT2D eigenvalue weighted by atomic mass is 10.0. The highest BCUT2D eigenvalue weighted by atomic mass is 19.1. The van der Waals surface area contributed by atoms with Crippen LogP contribution in [0.3, 0.4) is 0 Å². The van der Waals surface area contributed by atoms with E-state index in [-0.39, 0.29) is 31.0 Å². The van der Waals surface area contributed by atoms with E-state index in [9.17, 15) is 23.2 Å². The summed E-state index contributed by atoms with van der Waals surface area (Å²) in [6.07, 6.45) is 2.86. The zero-order valence-corrected chi connectivity index (χ0v) is 16.7. The molecule has 4 rings (SSSR count). The summed E-state index contributed by atoms with van der Waals surface area (Å²) in [5.41, 5.74) is 2.60. The molecule has 2 heterocycles. The van der Waals surface area contributed by atoms with Crippen LogP contribution >= 0.6 is 0 Å². The molecule has 9 heteroatoms. The fourth-order valence-corrected chi connectivity index (χ4v) is 3.69. The van der Waals surface area contributed by atoms with Gasteiger partial charge in [0.05, 0.1) is 12.2 Å². The van der Waals surface area contributed by atoms with Gasteiger partial charge in [0.1, 0.15) is 11.6 Å². The minimum absolute atomic E-state index is 0.0877. The van der Waals surface area contributed by atoms with Gasteiger partial charge in [-0.15, -0.1) is 0 Å². The number of aromatic nitrogens is 1. The molecule has 0 bridgehead atoms. The average Bonchev–Trinajstić information content (AvgIpc) is 3.09. The zero-order valence-electron chi connectivity index (χ0n) is 16.7. The Kier molecular flexibility index (Phi) is 5.89. The van der Waals surface area contributed by atoms with Crippen molar-refractivity contribution < 1.29 is 23.2 Å². The lowest BCUT2D eigenvalue weighted by Crippen LogP contribution is -2.42. The van der Waals surface area contributed by atoms with E-state index in [0.717, 1.165) is 6.20 Å². The molecule has 1 atom stereocenters. The van der Waals surface area contributed by atoms with E-state index in [1.165, 1.54) is 23.2 Å². The minimum Gasteiger partial charge on any atom is -0.332 e. The maximum absolute atomic E-state index is 14.0. The molecule has 0 fully saturated rings. The topological polar surface area (TPSA) is 91.4 Å². The molecule has 32 heavy (non-hydrogen) atoms. The van der Waals surface area contributed by atoms with Crippen LogP contribution in [0.25, 0.3) is 11.1 Å². The molecule has 162 valence electrons. The predicted octanol–water partition coefficient (Wildman–Crippen LogP) is 3.18. The van der Waals surface area contributed by atoms with Gasteiger partial charge in [-0.05, 0) is 34.9 Å². The summed E-state index contributed by atoms with van der Waals surface area (Å²) < 4.78 is 27.6. The number of rotatable bonds is 6. The number of hydrogen-bond donors (Lipinski definition) is 2. The Morgan fingerprint density at radius 3 is 2.62 bits per heavy atom. The summed E-state index contributed by atoms with van der Waals surface area (Å²) in [5.74, 6) is -1.32.